The molecule has 3 aromatic carbocycles. The van der Waals surface area contributed by atoms with Gasteiger partial charge < -0.3 is 9.80 Å². The van der Waals surface area contributed by atoms with E-state index in [9.17, 15) is 13.2 Å². The Morgan fingerprint density at radius 1 is 0.767 bits per heavy atom. The maximum absolute atomic E-state index is 14.2. The topological polar surface area (TPSA) is 82.0 Å². The smallest absolute Gasteiger partial charge is 0.297 e. The molecule has 0 bridgehead atoms. The van der Waals surface area contributed by atoms with Crippen molar-refractivity contribution in [1.29, 1.82) is 0 Å². The predicted octanol–water partition coefficient (Wildman–Crippen LogP) is 4.72. The molecule has 2 saturated heterocycles. The van der Waals surface area contributed by atoms with Crippen LogP contribution in [-0.2, 0) is 16.6 Å². The van der Waals surface area contributed by atoms with Crippen LogP contribution in [0.3, 0.4) is 0 Å². The fourth-order valence-electron chi connectivity index (χ4n) is 5.73. The molecular formula is C31H32Cl2N6O3S. The Balaban J connectivity index is 1.30. The summed E-state index contributed by atoms with van der Waals surface area (Å²) in [6.07, 6.45) is 2.64. The van der Waals surface area contributed by atoms with Crippen LogP contribution in [0.15, 0.2) is 94.7 Å². The third kappa shape index (κ3) is 6.16. The molecular weight excluding hydrogens is 607 g/mol. The number of hydrogen-bond donors (Lipinski definition) is 0. The van der Waals surface area contributed by atoms with Crippen LogP contribution in [0.2, 0.25) is 10.0 Å². The van der Waals surface area contributed by atoms with Crippen molar-refractivity contribution in [2.45, 2.75) is 17.9 Å². The highest BCUT2D eigenvalue weighted by Gasteiger charge is 2.33. The Hall–Kier alpha value is -3.41. The Morgan fingerprint density at radius 2 is 1.47 bits per heavy atom. The summed E-state index contributed by atoms with van der Waals surface area (Å²) >= 11 is 12.4. The zero-order chi connectivity index (χ0) is 30.0. The van der Waals surface area contributed by atoms with Crippen molar-refractivity contribution >= 4 is 44.6 Å². The largest absolute Gasteiger partial charge is 0.366 e. The first-order chi connectivity index (χ1) is 20.8. The fourth-order valence-corrected chi connectivity index (χ4v) is 7.89. The van der Waals surface area contributed by atoms with Gasteiger partial charge in [0.1, 0.15) is 10.6 Å². The van der Waals surface area contributed by atoms with E-state index >= 15 is 0 Å². The molecule has 0 N–H and O–H groups in total. The van der Waals surface area contributed by atoms with Crippen molar-refractivity contribution in [3.05, 3.63) is 111 Å². The minimum absolute atomic E-state index is 0.00486. The van der Waals surface area contributed by atoms with Gasteiger partial charge in [-0.15, -0.1) is 0 Å². The number of rotatable bonds is 7. The van der Waals surface area contributed by atoms with E-state index in [0.717, 1.165) is 26.1 Å². The maximum atomic E-state index is 14.2. The summed E-state index contributed by atoms with van der Waals surface area (Å²) in [4.78, 5) is 20.7. The van der Waals surface area contributed by atoms with Gasteiger partial charge in [-0.2, -0.15) is 14.1 Å². The number of hydrogen-bond acceptors (Lipinski definition) is 7. The molecule has 43 heavy (non-hydrogen) atoms. The lowest BCUT2D eigenvalue weighted by Gasteiger charge is -2.40. The predicted molar refractivity (Wildman–Crippen MR) is 171 cm³/mol. The van der Waals surface area contributed by atoms with Gasteiger partial charge in [0, 0.05) is 45.8 Å². The average Bonchev–Trinajstić information content (AvgIpc) is 3.03. The molecule has 2 aliphatic heterocycles. The van der Waals surface area contributed by atoms with Crippen molar-refractivity contribution in [2.75, 3.05) is 55.7 Å². The molecule has 6 rings (SSSR count). The first kappa shape index (κ1) is 29.7. The molecule has 1 aromatic heterocycles. The highest BCUT2D eigenvalue weighted by atomic mass is 35.5. The number of aromatic nitrogens is 2. The molecule has 0 radical (unpaired) electrons. The van der Waals surface area contributed by atoms with Gasteiger partial charge >= 0.3 is 0 Å². The van der Waals surface area contributed by atoms with Crippen LogP contribution in [-0.4, -0.2) is 73.3 Å². The molecule has 0 unspecified atom stereocenters. The van der Waals surface area contributed by atoms with Gasteiger partial charge in [0.05, 0.1) is 34.3 Å². The molecule has 224 valence electrons. The molecule has 3 heterocycles. The zero-order valence-electron chi connectivity index (χ0n) is 23.5. The summed E-state index contributed by atoms with van der Waals surface area (Å²) in [5.41, 5.74) is 2.99. The van der Waals surface area contributed by atoms with Crippen molar-refractivity contribution in [3.8, 4) is 5.69 Å². The molecule has 12 heteroatoms. The summed E-state index contributed by atoms with van der Waals surface area (Å²) in [6, 6.07) is 24.3. The van der Waals surface area contributed by atoms with Crippen molar-refractivity contribution in [2.24, 2.45) is 0 Å². The van der Waals surface area contributed by atoms with E-state index < -0.39 is 10.0 Å². The van der Waals surface area contributed by atoms with Crippen molar-refractivity contribution in [1.82, 2.24) is 19.0 Å². The molecule has 2 aliphatic rings. The molecule has 0 aliphatic carbocycles. The second kappa shape index (κ2) is 12.7. The molecule has 9 nitrogen and oxygen atoms in total. The Morgan fingerprint density at radius 3 is 2.19 bits per heavy atom. The lowest BCUT2D eigenvalue weighted by molar-refractivity contribution is 0.232. The third-order valence-electron chi connectivity index (χ3n) is 7.89. The van der Waals surface area contributed by atoms with Gasteiger partial charge in [-0.3, -0.25) is 9.69 Å². The highest BCUT2D eigenvalue weighted by Crippen LogP contribution is 2.33. The van der Waals surface area contributed by atoms with Gasteiger partial charge in [-0.1, -0.05) is 77.8 Å². The molecule has 0 atom stereocenters. The van der Waals surface area contributed by atoms with Crippen LogP contribution in [0.1, 0.15) is 12.0 Å². The number of anilines is 2. The molecule has 2 fully saturated rings. The normalized spacial score (nSPS) is 16.9. The number of halogens is 2. The number of piperazine rings is 1. The van der Waals surface area contributed by atoms with Crippen LogP contribution in [0, 0.1) is 0 Å². The monoisotopic (exact) mass is 638 g/mol. The lowest BCUT2D eigenvalue weighted by Crippen LogP contribution is -2.51. The van der Waals surface area contributed by atoms with E-state index in [4.69, 9.17) is 23.2 Å². The van der Waals surface area contributed by atoms with Gasteiger partial charge in [0.25, 0.3) is 5.56 Å². The maximum Gasteiger partial charge on any atom is 0.297 e. The summed E-state index contributed by atoms with van der Waals surface area (Å²) in [7, 11) is -3.85. The second-order valence-corrected chi connectivity index (χ2v) is 13.4. The molecule has 0 amide bonds. The summed E-state index contributed by atoms with van der Waals surface area (Å²) in [5, 5.41) is 4.78. The fraction of sp³-hybridized carbons (Fsp3) is 0.290. The van der Waals surface area contributed by atoms with E-state index in [1.54, 1.807) is 18.3 Å². The quantitative estimate of drug-likeness (QED) is 0.290. The van der Waals surface area contributed by atoms with E-state index in [-0.39, 0.29) is 33.6 Å². The van der Waals surface area contributed by atoms with Crippen LogP contribution in [0.5, 0.6) is 0 Å². The third-order valence-corrected chi connectivity index (χ3v) is 10.8. The highest BCUT2D eigenvalue weighted by molar-refractivity contribution is 7.89. The Kier molecular flexibility index (Phi) is 8.74. The van der Waals surface area contributed by atoms with Gasteiger partial charge in [-0.05, 0) is 36.2 Å². The molecule has 4 aromatic rings. The first-order valence-electron chi connectivity index (χ1n) is 14.2. The number of para-hydroxylation sites is 1. The average molecular weight is 640 g/mol. The summed E-state index contributed by atoms with van der Waals surface area (Å²) in [6.45, 7) is 4.28. The zero-order valence-corrected chi connectivity index (χ0v) is 25.8. The second-order valence-electron chi connectivity index (χ2n) is 10.7. The number of sulfonamides is 1. The number of benzene rings is 3. The van der Waals surface area contributed by atoms with Gasteiger partial charge in [-0.25, -0.2) is 8.42 Å². The van der Waals surface area contributed by atoms with E-state index in [0.29, 0.717) is 36.8 Å². The van der Waals surface area contributed by atoms with Crippen LogP contribution < -0.4 is 15.4 Å². The minimum atomic E-state index is -3.85. The molecule has 0 saturated carbocycles. The van der Waals surface area contributed by atoms with Gasteiger partial charge in [0.2, 0.25) is 10.0 Å². The SMILES string of the molecule is O=c1c(N2CCCN(Cc3ccccc3)C2)c(N2CCN(S(=O)(=O)c3cccc(Cl)c3Cl)CC2)cnn1-c1ccccc1. The summed E-state index contributed by atoms with van der Waals surface area (Å²) < 4.78 is 29.7. The van der Waals surface area contributed by atoms with Gasteiger partial charge in [0.15, 0.2) is 0 Å². The Labute approximate surface area is 261 Å². The van der Waals surface area contributed by atoms with E-state index in [1.807, 2.05) is 48.5 Å². The minimum Gasteiger partial charge on any atom is -0.366 e. The van der Waals surface area contributed by atoms with Crippen molar-refractivity contribution in [3.63, 3.8) is 0 Å². The standard InChI is InChI=1S/C31H32Cl2N6O3S/c32-26-13-7-14-28(29(26)33)43(41,42)38-19-17-36(18-20-38)27-21-34-39(25-11-5-2-6-12-25)31(40)30(27)37-16-8-15-35(23-37)22-24-9-3-1-4-10-24/h1-7,9-14,21H,8,15-20,22-23H2. The van der Waals surface area contributed by atoms with Crippen LogP contribution >= 0.6 is 23.2 Å². The lowest BCUT2D eigenvalue weighted by atomic mass is 10.2. The first-order valence-corrected chi connectivity index (χ1v) is 16.4. The van der Waals surface area contributed by atoms with Crippen LogP contribution in [0.25, 0.3) is 5.69 Å². The van der Waals surface area contributed by atoms with E-state index in [1.165, 1.54) is 20.6 Å². The van der Waals surface area contributed by atoms with E-state index in [2.05, 4.69) is 31.9 Å². The Bertz CT molecular complexity index is 1750. The van der Waals surface area contributed by atoms with Crippen molar-refractivity contribution < 1.29 is 8.42 Å². The van der Waals surface area contributed by atoms with Crippen LogP contribution in [0.4, 0.5) is 11.4 Å². The molecule has 0 spiro atoms. The number of nitrogens with zero attached hydrogens (tertiary/aromatic N) is 6. The summed E-state index contributed by atoms with van der Waals surface area (Å²) in [5.74, 6) is 0.